The Hall–Kier alpha value is -3.22. The van der Waals surface area contributed by atoms with Gasteiger partial charge in [0.1, 0.15) is 5.82 Å². The number of benzene rings is 1. The van der Waals surface area contributed by atoms with Crippen LogP contribution in [0.1, 0.15) is 54.6 Å². The fourth-order valence-corrected chi connectivity index (χ4v) is 6.19. The number of carbonyl (C=O) groups is 1. The molecule has 2 atom stereocenters. The third-order valence-electron chi connectivity index (χ3n) is 8.20. The first-order valence-electron chi connectivity index (χ1n) is 14.4. The lowest BCUT2D eigenvalue weighted by molar-refractivity contribution is -0.138. The fraction of sp³-hybridized carbons (Fsp3) is 0.533. The highest BCUT2D eigenvalue weighted by atomic mass is 19.4. The molecule has 2 saturated heterocycles. The average molecular weight is 592 g/mol. The van der Waals surface area contributed by atoms with Crippen LogP contribution in [0.3, 0.4) is 0 Å². The molecule has 3 aliphatic rings. The molecule has 1 aromatic carbocycles. The first-order chi connectivity index (χ1) is 20.0. The number of piperazine rings is 1. The molecular formula is C30H37F4N5O3. The molecule has 0 radical (unpaired) electrons. The Morgan fingerprint density at radius 1 is 1.12 bits per heavy atom. The van der Waals surface area contributed by atoms with Crippen molar-refractivity contribution in [2.24, 2.45) is 5.92 Å². The van der Waals surface area contributed by atoms with Gasteiger partial charge in [0.15, 0.2) is 0 Å². The topological polar surface area (TPSA) is 89.7 Å². The van der Waals surface area contributed by atoms with Gasteiger partial charge in [-0.05, 0) is 56.7 Å². The second kappa shape index (κ2) is 12.6. The van der Waals surface area contributed by atoms with Crippen molar-refractivity contribution in [3.8, 4) is 0 Å². The number of nitrogens with one attached hydrogen (secondary N) is 3. The molecule has 2 aromatic rings. The standard InChI is InChI=1S/C30H37F4N5O3/c1-18-15-39(16-19(2)36-18)27-13-25(31)22(21-3-7-38(8-4-21)17-20-5-9-42-10-6-20)11-26(27)37-29(41)23-14-35-28(40)12-24(23)30(32,33)34/h3,11-14,18-20,36H,4-10,15-17H2,1-2H3,(H,35,40)(H,37,41)/t18-,19+. The number of carbonyl (C=O) groups excluding carboxylic acids is 1. The number of rotatable bonds is 6. The number of halogens is 4. The van der Waals surface area contributed by atoms with Gasteiger partial charge in [-0.1, -0.05) is 6.08 Å². The van der Waals surface area contributed by atoms with E-state index < -0.39 is 34.6 Å². The Labute approximate surface area is 242 Å². The molecular weight excluding hydrogens is 554 g/mol. The number of hydrogen-bond donors (Lipinski definition) is 3. The summed E-state index contributed by atoms with van der Waals surface area (Å²) in [5, 5.41) is 6.02. The van der Waals surface area contributed by atoms with Gasteiger partial charge < -0.3 is 25.3 Å². The molecule has 0 aliphatic carbocycles. The molecule has 3 N–H and O–H groups in total. The van der Waals surface area contributed by atoms with Crippen LogP contribution in [0, 0.1) is 11.7 Å². The van der Waals surface area contributed by atoms with E-state index in [0.717, 1.165) is 50.9 Å². The van der Waals surface area contributed by atoms with Gasteiger partial charge in [0.2, 0.25) is 5.56 Å². The monoisotopic (exact) mass is 591 g/mol. The average Bonchev–Trinajstić information content (AvgIpc) is 2.94. The molecule has 5 rings (SSSR count). The summed E-state index contributed by atoms with van der Waals surface area (Å²) in [5.41, 5.74) is -1.32. The van der Waals surface area contributed by atoms with E-state index in [-0.39, 0.29) is 17.8 Å². The number of alkyl halides is 3. The van der Waals surface area contributed by atoms with Gasteiger partial charge in [-0.2, -0.15) is 13.2 Å². The third kappa shape index (κ3) is 7.04. The van der Waals surface area contributed by atoms with Gasteiger partial charge in [-0.3, -0.25) is 14.5 Å². The Kier molecular flexibility index (Phi) is 9.05. The van der Waals surface area contributed by atoms with Gasteiger partial charge in [0.25, 0.3) is 5.91 Å². The summed E-state index contributed by atoms with van der Waals surface area (Å²) in [6.45, 7) is 8.93. The second-order valence-corrected chi connectivity index (χ2v) is 11.6. The van der Waals surface area contributed by atoms with Crippen molar-refractivity contribution >= 4 is 22.9 Å². The maximum absolute atomic E-state index is 15.7. The Balaban J connectivity index is 1.46. The van der Waals surface area contributed by atoms with E-state index in [1.807, 2.05) is 24.8 Å². The summed E-state index contributed by atoms with van der Waals surface area (Å²) >= 11 is 0. The summed E-state index contributed by atoms with van der Waals surface area (Å²) in [4.78, 5) is 31.3. The highest BCUT2D eigenvalue weighted by Gasteiger charge is 2.36. The van der Waals surface area contributed by atoms with Gasteiger partial charge in [0.05, 0.1) is 22.5 Å². The first-order valence-corrected chi connectivity index (χ1v) is 14.4. The minimum Gasteiger partial charge on any atom is -0.381 e. The highest BCUT2D eigenvalue weighted by Crippen LogP contribution is 2.37. The Bertz CT molecular complexity index is 1380. The lowest BCUT2D eigenvalue weighted by Crippen LogP contribution is -2.54. The van der Waals surface area contributed by atoms with Crippen LogP contribution in [0.15, 0.2) is 35.3 Å². The zero-order chi connectivity index (χ0) is 30.0. The van der Waals surface area contributed by atoms with Gasteiger partial charge in [0, 0.05) is 75.8 Å². The quantitative estimate of drug-likeness (QED) is 0.430. The van der Waals surface area contributed by atoms with Crippen LogP contribution in [-0.2, 0) is 10.9 Å². The lowest BCUT2D eigenvalue weighted by atomic mass is 9.95. The fourth-order valence-electron chi connectivity index (χ4n) is 6.19. The molecule has 3 aliphatic heterocycles. The van der Waals surface area contributed by atoms with E-state index in [9.17, 15) is 22.8 Å². The number of ether oxygens (including phenoxy) is 1. The van der Waals surface area contributed by atoms with Crippen LogP contribution in [0.25, 0.3) is 5.57 Å². The molecule has 1 aromatic heterocycles. The maximum Gasteiger partial charge on any atom is 0.417 e. The lowest BCUT2D eigenvalue weighted by Gasteiger charge is -2.38. The van der Waals surface area contributed by atoms with E-state index in [4.69, 9.17) is 4.74 Å². The zero-order valence-corrected chi connectivity index (χ0v) is 23.8. The number of aromatic nitrogens is 1. The normalized spacial score (nSPS) is 22.6. The van der Waals surface area contributed by atoms with Crippen LogP contribution in [0.4, 0.5) is 28.9 Å². The van der Waals surface area contributed by atoms with E-state index in [0.29, 0.717) is 49.3 Å². The number of hydrogen-bond acceptors (Lipinski definition) is 6. The molecule has 2 fully saturated rings. The van der Waals surface area contributed by atoms with Crippen molar-refractivity contribution < 1.29 is 27.1 Å². The summed E-state index contributed by atoms with van der Waals surface area (Å²) < 4.78 is 62.3. The predicted molar refractivity (Wildman–Crippen MR) is 153 cm³/mol. The van der Waals surface area contributed by atoms with E-state index >= 15 is 4.39 Å². The van der Waals surface area contributed by atoms with Crippen molar-refractivity contribution in [1.29, 1.82) is 0 Å². The number of nitrogens with zero attached hydrogens (tertiary/aromatic N) is 2. The Morgan fingerprint density at radius 3 is 2.48 bits per heavy atom. The van der Waals surface area contributed by atoms with E-state index in [2.05, 4.69) is 20.5 Å². The van der Waals surface area contributed by atoms with E-state index in [1.54, 1.807) is 0 Å². The minimum absolute atomic E-state index is 0.0684. The van der Waals surface area contributed by atoms with Gasteiger partial charge in [-0.25, -0.2) is 4.39 Å². The van der Waals surface area contributed by atoms with Gasteiger partial charge in [-0.15, -0.1) is 0 Å². The Morgan fingerprint density at radius 2 is 1.83 bits per heavy atom. The first kappa shape index (κ1) is 30.2. The van der Waals surface area contributed by atoms with Crippen molar-refractivity contribution in [3.05, 3.63) is 63.3 Å². The van der Waals surface area contributed by atoms with Crippen LogP contribution in [0.5, 0.6) is 0 Å². The van der Waals surface area contributed by atoms with Crippen molar-refractivity contribution in [2.75, 3.05) is 56.2 Å². The predicted octanol–water partition coefficient (Wildman–Crippen LogP) is 4.49. The van der Waals surface area contributed by atoms with Crippen LogP contribution in [-0.4, -0.2) is 73.8 Å². The molecule has 12 heteroatoms. The number of anilines is 2. The maximum atomic E-state index is 15.7. The summed E-state index contributed by atoms with van der Waals surface area (Å²) in [7, 11) is 0. The van der Waals surface area contributed by atoms with E-state index in [1.165, 1.54) is 12.1 Å². The largest absolute Gasteiger partial charge is 0.417 e. The summed E-state index contributed by atoms with van der Waals surface area (Å²) in [6.07, 6.45) is 0.500. The molecule has 4 heterocycles. The summed E-state index contributed by atoms with van der Waals surface area (Å²) in [6, 6.07) is 3.39. The molecule has 0 bridgehead atoms. The molecule has 42 heavy (non-hydrogen) atoms. The van der Waals surface area contributed by atoms with Gasteiger partial charge >= 0.3 is 6.18 Å². The van der Waals surface area contributed by atoms with Crippen LogP contribution < -0.4 is 21.1 Å². The van der Waals surface area contributed by atoms with Crippen molar-refractivity contribution in [1.82, 2.24) is 15.2 Å². The number of H-pyrrole nitrogens is 1. The number of pyridine rings is 1. The SMILES string of the molecule is C[C@@H]1CN(c2cc(F)c(C3=CCN(CC4CCOCC4)CC3)cc2NC(=O)c2c[nH]c(=O)cc2C(F)(F)F)C[C@H](C)N1. The molecule has 0 saturated carbocycles. The smallest absolute Gasteiger partial charge is 0.381 e. The van der Waals surface area contributed by atoms with Crippen molar-refractivity contribution in [2.45, 2.75) is 51.4 Å². The molecule has 0 unspecified atom stereocenters. The second-order valence-electron chi connectivity index (χ2n) is 11.6. The minimum atomic E-state index is -4.91. The number of aromatic amines is 1. The highest BCUT2D eigenvalue weighted by molar-refractivity contribution is 6.07. The van der Waals surface area contributed by atoms with Crippen LogP contribution in [0.2, 0.25) is 0 Å². The zero-order valence-electron chi connectivity index (χ0n) is 23.8. The van der Waals surface area contributed by atoms with Crippen molar-refractivity contribution in [3.63, 3.8) is 0 Å². The number of amides is 1. The van der Waals surface area contributed by atoms with Crippen LogP contribution >= 0.6 is 0 Å². The third-order valence-corrected chi connectivity index (χ3v) is 8.20. The molecule has 1 amide bonds. The summed E-state index contributed by atoms with van der Waals surface area (Å²) in [5.74, 6) is -0.926. The molecule has 228 valence electrons. The molecule has 8 nitrogen and oxygen atoms in total. The molecule has 0 spiro atoms.